The van der Waals surface area contributed by atoms with Crippen LogP contribution in [0, 0.1) is 0 Å². The predicted octanol–water partition coefficient (Wildman–Crippen LogP) is 4.03. The third kappa shape index (κ3) is 4.21. The molecule has 136 valence electrons. The molecular weight excluding hydrogens is 318 g/mol. The smallest absolute Gasteiger partial charge is 0.411 e. The minimum Gasteiger partial charge on any atom is -0.464 e. The Morgan fingerprint density at radius 3 is 2.44 bits per heavy atom. The molecule has 1 aromatic carbocycles. The molecule has 1 fully saturated rings. The van der Waals surface area contributed by atoms with Gasteiger partial charge in [-0.15, -0.1) is 0 Å². The van der Waals surface area contributed by atoms with Crippen molar-refractivity contribution in [1.82, 2.24) is 4.90 Å². The summed E-state index contributed by atoms with van der Waals surface area (Å²) in [4.78, 5) is 26.9. The van der Waals surface area contributed by atoms with Gasteiger partial charge in [0.2, 0.25) is 0 Å². The lowest BCUT2D eigenvalue weighted by Crippen LogP contribution is -2.53. The lowest BCUT2D eigenvalue weighted by Gasteiger charge is -2.35. The highest BCUT2D eigenvalue weighted by molar-refractivity contribution is 5.91. The third-order valence-electron chi connectivity index (χ3n) is 4.20. The first-order valence-corrected chi connectivity index (χ1v) is 8.62. The number of likely N-dealkylation sites (tertiary alicyclic amines) is 1. The lowest BCUT2D eigenvalue weighted by atomic mass is 9.91. The molecule has 1 unspecified atom stereocenters. The van der Waals surface area contributed by atoms with Crippen molar-refractivity contribution < 1.29 is 19.1 Å². The van der Waals surface area contributed by atoms with Crippen LogP contribution in [0.25, 0.3) is 6.08 Å². The fraction of sp³-hybridized carbons (Fsp3) is 0.500. The largest absolute Gasteiger partial charge is 0.464 e. The van der Waals surface area contributed by atoms with Crippen molar-refractivity contribution in [2.24, 2.45) is 0 Å². The van der Waals surface area contributed by atoms with E-state index >= 15 is 0 Å². The predicted molar refractivity (Wildman–Crippen MR) is 97.0 cm³/mol. The summed E-state index contributed by atoms with van der Waals surface area (Å²) in [5.41, 5.74) is 0.0503. The van der Waals surface area contributed by atoms with Crippen molar-refractivity contribution in [2.75, 3.05) is 13.2 Å². The highest BCUT2D eigenvalue weighted by Crippen LogP contribution is 2.38. The second-order valence-electron chi connectivity index (χ2n) is 7.25. The van der Waals surface area contributed by atoms with Gasteiger partial charge >= 0.3 is 12.1 Å². The summed E-state index contributed by atoms with van der Waals surface area (Å²) < 4.78 is 10.8. The molecule has 1 aromatic rings. The van der Waals surface area contributed by atoms with Gasteiger partial charge in [-0.05, 0) is 52.2 Å². The van der Waals surface area contributed by atoms with Gasteiger partial charge in [-0.25, -0.2) is 9.59 Å². The van der Waals surface area contributed by atoms with Crippen LogP contribution in [-0.4, -0.2) is 41.3 Å². The molecule has 5 heteroatoms. The molecule has 0 saturated carbocycles. The number of carbonyl (C=O) groups excluding carboxylic acids is 2. The van der Waals surface area contributed by atoms with E-state index in [2.05, 4.69) is 0 Å². The van der Waals surface area contributed by atoms with Crippen LogP contribution >= 0.6 is 0 Å². The number of ether oxygens (including phenoxy) is 2. The number of benzene rings is 1. The van der Waals surface area contributed by atoms with Gasteiger partial charge in [0.25, 0.3) is 0 Å². The van der Waals surface area contributed by atoms with Crippen LogP contribution in [0.15, 0.2) is 35.9 Å². The van der Waals surface area contributed by atoms with E-state index in [9.17, 15) is 9.59 Å². The number of nitrogens with zero attached hydrogens (tertiary/aromatic N) is 1. The Labute approximate surface area is 149 Å². The van der Waals surface area contributed by atoms with E-state index in [0.29, 0.717) is 13.0 Å². The SMILES string of the molecule is CCOC(=O)C1(C)/C(=C/c2ccccc2)CCN1C(=O)OC(C)(C)C. The van der Waals surface area contributed by atoms with Gasteiger partial charge < -0.3 is 9.47 Å². The Morgan fingerprint density at radius 1 is 1.24 bits per heavy atom. The van der Waals surface area contributed by atoms with Crippen LogP contribution in [0.5, 0.6) is 0 Å². The van der Waals surface area contributed by atoms with Crippen LogP contribution in [0.3, 0.4) is 0 Å². The van der Waals surface area contributed by atoms with Crippen LogP contribution in [0.2, 0.25) is 0 Å². The fourth-order valence-electron chi connectivity index (χ4n) is 2.94. The monoisotopic (exact) mass is 345 g/mol. The van der Waals surface area contributed by atoms with Crippen LogP contribution in [-0.2, 0) is 14.3 Å². The molecule has 0 bridgehead atoms. The number of hydrogen-bond acceptors (Lipinski definition) is 4. The summed E-state index contributed by atoms with van der Waals surface area (Å²) in [5, 5.41) is 0. The molecule has 0 aliphatic carbocycles. The number of esters is 1. The molecule has 1 aliphatic heterocycles. The zero-order chi connectivity index (χ0) is 18.7. The zero-order valence-corrected chi connectivity index (χ0v) is 15.7. The van der Waals surface area contributed by atoms with Gasteiger partial charge in [0.15, 0.2) is 5.54 Å². The van der Waals surface area contributed by atoms with Gasteiger partial charge in [-0.3, -0.25) is 4.90 Å². The molecule has 1 heterocycles. The Morgan fingerprint density at radius 2 is 1.88 bits per heavy atom. The van der Waals surface area contributed by atoms with E-state index in [0.717, 1.165) is 11.1 Å². The molecule has 0 radical (unpaired) electrons. The van der Waals surface area contributed by atoms with E-state index in [1.54, 1.807) is 13.8 Å². The summed E-state index contributed by atoms with van der Waals surface area (Å²) in [5.74, 6) is -0.430. The molecule has 1 aliphatic rings. The Kier molecular flexibility index (Phi) is 5.55. The minimum atomic E-state index is -1.16. The molecule has 0 spiro atoms. The number of hydrogen-bond donors (Lipinski definition) is 0. The topological polar surface area (TPSA) is 55.8 Å². The van der Waals surface area contributed by atoms with Crippen LogP contribution < -0.4 is 0 Å². The molecule has 0 aromatic heterocycles. The zero-order valence-electron chi connectivity index (χ0n) is 15.7. The van der Waals surface area contributed by atoms with Crippen molar-refractivity contribution in [2.45, 2.75) is 52.2 Å². The van der Waals surface area contributed by atoms with Crippen molar-refractivity contribution >= 4 is 18.1 Å². The van der Waals surface area contributed by atoms with E-state index in [1.807, 2.05) is 57.2 Å². The molecule has 1 atom stereocenters. The Hall–Kier alpha value is -2.30. The highest BCUT2D eigenvalue weighted by atomic mass is 16.6. The molecular formula is C20H27NO4. The molecule has 2 rings (SSSR count). The summed E-state index contributed by atoms with van der Waals surface area (Å²) in [6.07, 6.45) is 2.06. The van der Waals surface area contributed by atoms with Crippen molar-refractivity contribution in [3.05, 3.63) is 41.5 Å². The highest BCUT2D eigenvalue weighted by Gasteiger charge is 2.51. The summed E-state index contributed by atoms with van der Waals surface area (Å²) in [6, 6.07) is 9.75. The first-order chi connectivity index (χ1) is 11.7. The maximum atomic E-state index is 12.7. The van der Waals surface area contributed by atoms with Crippen LogP contribution in [0.4, 0.5) is 4.79 Å². The first-order valence-electron chi connectivity index (χ1n) is 8.62. The van der Waals surface area contributed by atoms with E-state index in [4.69, 9.17) is 9.47 Å². The number of carbonyl (C=O) groups is 2. The van der Waals surface area contributed by atoms with E-state index in [1.165, 1.54) is 4.90 Å². The summed E-state index contributed by atoms with van der Waals surface area (Å²) in [7, 11) is 0. The van der Waals surface area contributed by atoms with Crippen LogP contribution in [0.1, 0.15) is 46.6 Å². The Bertz CT molecular complexity index is 660. The standard InChI is InChI=1S/C20H27NO4/c1-6-24-17(22)20(5)16(14-15-10-8-7-9-11-15)12-13-21(20)18(23)25-19(2,3)4/h7-11,14H,6,12-13H2,1-5H3/b16-14+. The lowest BCUT2D eigenvalue weighted by molar-refractivity contribution is -0.152. The summed E-state index contributed by atoms with van der Waals surface area (Å²) >= 11 is 0. The van der Waals surface area contributed by atoms with Crippen molar-refractivity contribution in [1.29, 1.82) is 0 Å². The molecule has 1 saturated heterocycles. The second-order valence-corrected chi connectivity index (χ2v) is 7.25. The van der Waals surface area contributed by atoms with Gasteiger partial charge in [-0.1, -0.05) is 36.4 Å². The average molecular weight is 345 g/mol. The third-order valence-corrected chi connectivity index (χ3v) is 4.20. The maximum absolute atomic E-state index is 12.7. The van der Waals surface area contributed by atoms with Gasteiger partial charge in [0.05, 0.1) is 6.61 Å². The van der Waals surface area contributed by atoms with Crippen molar-refractivity contribution in [3.63, 3.8) is 0 Å². The van der Waals surface area contributed by atoms with E-state index < -0.39 is 23.2 Å². The molecule has 0 N–H and O–H groups in total. The number of rotatable bonds is 3. The fourth-order valence-corrected chi connectivity index (χ4v) is 2.94. The van der Waals surface area contributed by atoms with Gasteiger partial charge in [-0.2, -0.15) is 0 Å². The Balaban J connectivity index is 2.40. The average Bonchev–Trinajstić information content (AvgIpc) is 2.85. The number of amides is 1. The molecule has 5 nitrogen and oxygen atoms in total. The first kappa shape index (κ1) is 19.0. The quantitative estimate of drug-likeness (QED) is 0.776. The second kappa shape index (κ2) is 7.30. The van der Waals surface area contributed by atoms with Gasteiger partial charge in [0, 0.05) is 6.54 Å². The van der Waals surface area contributed by atoms with E-state index in [-0.39, 0.29) is 6.61 Å². The van der Waals surface area contributed by atoms with Gasteiger partial charge in [0.1, 0.15) is 5.60 Å². The summed E-state index contributed by atoms with van der Waals surface area (Å²) in [6.45, 7) is 9.60. The normalized spacial score (nSPS) is 22.1. The van der Waals surface area contributed by atoms with Crippen molar-refractivity contribution in [3.8, 4) is 0 Å². The minimum absolute atomic E-state index is 0.259. The maximum Gasteiger partial charge on any atom is 0.411 e. The molecule has 1 amide bonds. The molecule has 25 heavy (non-hydrogen) atoms.